The number of anilines is 1. The van der Waals surface area contributed by atoms with Gasteiger partial charge in [-0.15, -0.1) is 0 Å². The fourth-order valence-corrected chi connectivity index (χ4v) is 3.38. The molecule has 2 heterocycles. The highest BCUT2D eigenvalue weighted by Crippen LogP contribution is 2.27. The minimum absolute atomic E-state index is 0.0363. The number of imidazole rings is 1. The van der Waals surface area contributed by atoms with Crippen LogP contribution in [0.5, 0.6) is 5.75 Å². The second-order valence-electron chi connectivity index (χ2n) is 6.47. The van der Waals surface area contributed by atoms with Crippen molar-refractivity contribution in [2.24, 2.45) is 0 Å². The third-order valence-corrected chi connectivity index (χ3v) is 4.69. The van der Waals surface area contributed by atoms with Crippen molar-refractivity contribution in [1.29, 1.82) is 0 Å². The fourth-order valence-electron chi connectivity index (χ4n) is 3.38. The topological polar surface area (TPSA) is 56.1 Å². The van der Waals surface area contributed by atoms with E-state index in [1.54, 1.807) is 7.11 Å². The molecule has 5 nitrogen and oxygen atoms in total. The molecule has 0 aliphatic carbocycles. The number of rotatable bonds is 5. The van der Waals surface area contributed by atoms with Gasteiger partial charge < -0.3 is 14.6 Å². The minimum Gasteiger partial charge on any atom is -0.497 e. The van der Waals surface area contributed by atoms with Crippen LogP contribution in [0.15, 0.2) is 54.7 Å². The summed E-state index contributed by atoms with van der Waals surface area (Å²) in [6.07, 6.45) is 4.44. The first-order valence-electron chi connectivity index (χ1n) is 8.80. The molecule has 0 bridgehead atoms. The maximum atomic E-state index is 12.4. The standard InChI is InChI=1S/C21H21N3O2/c1-26-18-9-7-15(8-10-18)12-21(25)23-17-5-2-4-16(13-17)19-14-22-20-6-3-11-24(19)20/h2,4-5,7-10,13-14H,3,6,11-12H2,1H3,(H,23,25). The third kappa shape index (κ3) is 3.33. The fraction of sp³-hybridized carbons (Fsp3) is 0.238. The van der Waals surface area contributed by atoms with Gasteiger partial charge in [0.15, 0.2) is 0 Å². The highest BCUT2D eigenvalue weighted by Gasteiger charge is 2.16. The molecule has 26 heavy (non-hydrogen) atoms. The zero-order valence-corrected chi connectivity index (χ0v) is 14.7. The molecular weight excluding hydrogens is 326 g/mol. The first-order valence-corrected chi connectivity index (χ1v) is 8.80. The molecule has 1 amide bonds. The normalized spacial score (nSPS) is 12.7. The van der Waals surface area contributed by atoms with Crippen LogP contribution in [0.3, 0.4) is 0 Å². The number of carbonyl (C=O) groups is 1. The molecule has 0 spiro atoms. The number of methoxy groups -OCH3 is 1. The molecular formula is C21H21N3O2. The summed E-state index contributed by atoms with van der Waals surface area (Å²) in [5, 5.41) is 2.99. The molecule has 1 N–H and O–H groups in total. The Morgan fingerprint density at radius 3 is 2.88 bits per heavy atom. The number of carbonyl (C=O) groups excluding carboxylic acids is 1. The van der Waals surface area contributed by atoms with E-state index in [1.807, 2.05) is 48.7 Å². The smallest absolute Gasteiger partial charge is 0.228 e. The van der Waals surface area contributed by atoms with Crippen molar-refractivity contribution in [2.75, 3.05) is 12.4 Å². The summed E-state index contributed by atoms with van der Waals surface area (Å²) in [6.45, 7) is 1.01. The first-order chi connectivity index (χ1) is 12.7. The third-order valence-electron chi connectivity index (χ3n) is 4.69. The lowest BCUT2D eigenvalue weighted by molar-refractivity contribution is -0.115. The van der Waals surface area contributed by atoms with E-state index in [-0.39, 0.29) is 5.91 Å². The molecule has 1 aliphatic rings. The number of nitrogens with one attached hydrogen (secondary N) is 1. The van der Waals surface area contributed by atoms with E-state index in [0.29, 0.717) is 6.42 Å². The van der Waals surface area contributed by atoms with Crippen LogP contribution in [0.4, 0.5) is 5.69 Å². The molecule has 0 unspecified atom stereocenters. The maximum absolute atomic E-state index is 12.4. The molecule has 4 rings (SSSR count). The molecule has 3 aromatic rings. The number of hydrogen-bond acceptors (Lipinski definition) is 3. The second kappa shape index (κ2) is 7.04. The lowest BCUT2D eigenvalue weighted by atomic mass is 10.1. The number of hydrogen-bond donors (Lipinski definition) is 1. The Labute approximate surface area is 152 Å². The van der Waals surface area contributed by atoms with Gasteiger partial charge in [0.25, 0.3) is 0 Å². The van der Waals surface area contributed by atoms with Gasteiger partial charge in [-0.3, -0.25) is 4.79 Å². The van der Waals surface area contributed by atoms with Crippen LogP contribution in [0, 0.1) is 0 Å². The zero-order chi connectivity index (χ0) is 17.9. The van der Waals surface area contributed by atoms with E-state index in [2.05, 4.69) is 20.9 Å². The van der Waals surface area contributed by atoms with Crippen molar-refractivity contribution in [3.63, 3.8) is 0 Å². The molecule has 1 aliphatic heterocycles. The summed E-state index contributed by atoms with van der Waals surface area (Å²) in [5.74, 6) is 1.90. The largest absolute Gasteiger partial charge is 0.497 e. The van der Waals surface area contributed by atoms with Crippen molar-refractivity contribution < 1.29 is 9.53 Å². The number of aryl methyl sites for hydroxylation is 1. The van der Waals surface area contributed by atoms with Crippen LogP contribution < -0.4 is 10.1 Å². The van der Waals surface area contributed by atoms with Gasteiger partial charge in [-0.05, 0) is 36.2 Å². The van der Waals surface area contributed by atoms with Gasteiger partial charge in [0.1, 0.15) is 11.6 Å². The predicted molar refractivity (Wildman–Crippen MR) is 101 cm³/mol. The van der Waals surface area contributed by atoms with Crippen LogP contribution in [0.1, 0.15) is 17.8 Å². The van der Waals surface area contributed by atoms with Gasteiger partial charge in [-0.2, -0.15) is 0 Å². The molecule has 2 aromatic carbocycles. The van der Waals surface area contributed by atoms with Gasteiger partial charge >= 0.3 is 0 Å². The lowest BCUT2D eigenvalue weighted by Crippen LogP contribution is -2.14. The SMILES string of the molecule is COc1ccc(CC(=O)Nc2cccc(-c3cnc4n3CCC4)c2)cc1. The molecule has 1 aromatic heterocycles. The van der Waals surface area contributed by atoms with Gasteiger partial charge in [0.05, 0.1) is 25.4 Å². The minimum atomic E-state index is -0.0363. The highest BCUT2D eigenvalue weighted by atomic mass is 16.5. The average molecular weight is 347 g/mol. The van der Waals surface area contributed by atoms with Crippen molar-refractivity contribution in [2.45, 2.75) is 25.8 Å². The number of aromatic nitrogens is 2. The number of amides is 1. The second-order valence-corrected chi connectivity index (χ2v) is 6.47. The Morgan fingerprint density at radius 2 is 2.08 bits per heavy atom. The zero-order valence-electron chi connectivity index (χ0n) is 14.7. The number of nitrogens with zero attached hydrogens (tertiary/aromatic N) is 2. The molecule has 5 heteroatoms. The Hall–Kier alpha value is -3.08. The van der Waals surface area contributed by atoms with E-state index in [9.17, 15) is 4.79 Å². The van der Waals surface area contributed by atoms with E-state index in [0.717, 1.165) is 53.5 Å². The van der Waals surface area contributed by atoms with Gasteiger partial charge in [0, 0.05) is 24.2 Å². The van der Waals surface area contributed by atoms with Crippen LogP contribution in [-0.2, 0) is 24.2 Å². The molecule has 0 saturated heterocycles. The molecule has 0 atom stereocenters. The maximum Gasteiger partial charge on any atom is 0.228 e. The summed E-state index contributed by atoms with van der Waals surface area (Å²) in [7, 11) is 1.63. The number of ether oxygens (including phenoxy) is 1. The van der Waals surface area contributed by atoms with Crippen molar-refractivity contribution in [1.82, 2.24) is 9.55 Å². The number of benzene rings is 2. The van der Waals surface area contributed by atoms with E-state index < -0.39 is 0 Å². The first kappa shape index (κ1) is 16.4. The monoisotopic (exact) mass is 347 g/mol. The van der Waals surface area contributed by atoms with E-state index in [4.69, 9.17) is 4.74 Å². The highest BCUT2D eigenvalue weighted by molar-refractivity contribution is 5.92. The summed E-state index contributed by atoms with van der Waals surface area (Å²) >= 11 is 0. The van der Waals surface area contributed by atoms with E-state index >= 15 is 0 Å². The predicted octanol–water partition coefficient (Wildman–Crippen LogP) is 3.69. The Kier molecular flexibility index (Phi) is 4.44. The van der Waals surface area contributed by atoms with Crippen LogP contribution >= 0.6 is 0 Å². The summed E-state index contributed by atoms with van der Waals surface area (Å²) < 4.78 is 7.40. The van der Waals surface area contributed by atoms with Gasteiger partial charge in [0.2, 0.25) is 5.91 Å². The lowest BCUT2D eigenvalue weighted by Gasteiger charge is -2.09. The van der Waals surface area contributed by atoms with Crippen molar-refractivity contribution in [3.05, 3.63) is 66.1 Å². The van der Waals surface area contributed by atoms with Gasteiger partial charge in [-0.1, -0.05) is 24.3 Å². The molecule has 0 fully saturated rings. The van der Waals surface area contributed by atoms with Crippen molar-refractivity contribution in [3.8, 4) is 17.0 Å². The van der Waals surface area contributed by atoms with Gasteiger partial charge in [-0.25, -0.2) is 4.98 Å². The van der Waals surface area contributed by atoms with E-state index in [1.165, 1.54) is 0 Å². The van der Waals surface area contributed by atoms with Crippen LogP contribution in [-0.4, -0.2) is 22.6 Å². The quantitative estimate of drug-likeness (QED) is 0.766. The molecule has 132 valence electrons. The molecule has 0 radical (unpaired) electrons. The summed E-state index contributed by atoms with van der Waals surface area (Å²) in [4.78, 5) is 16.9. The Morgan fingerprint density at radius 1 is 1.23 bits per heavy atom. The van der Waals surface area contributed by atoms with Crippen molar-refractivity contribution >= 4 is 11.6 Å². The van der Waals surface area contributed by atoms with Crippen LogP contribution in [0.2, 0.25) is 0 Å². The number of fused-ring (bicyclic) bond motifs is 1. The Bertz CT molecular complexity index is 929. The Balaban J connectivity index is 1.47. The molecule has 0 saturated carbocycles. The van der Waals surface area contributed by atoms with Crippen LogP contribution in [0.25, 0.3) is 11.3 Å². The summed E-state index contributed by atoms with van der Waals surface area (Å²) in [5.41, 5.74) is 3.94. The average Bonchev–Trinajstić information content (AvgIpc) is 3.26. The summed E-state index contributed by atoms with van der Waals surface area (Å²) in [6, 6.07) is 15.5.